The number of nitrogens with two attached hydrogens (primary N) is 1. The molecule has 0 aliphatic carbocycles. The van der Waals surface area contributed by atoms with Crippen molar-refractivity contribution in [1.29, 1.82) is 0 Å². The van der Waals surface area contributed by atoms with E-state index in [1.165, 1.54) is 5.56 Å². The molecule has 4 nitrogen and oxygen atoms in total. The summed E-state index contributed by atoms with van der Waals surface area (Å²) in [4.78, 5) is 7.74. The number of benzene rings is 2. The van der Waals surface area contributed by atoms with Crippen LogP contribution in [0.2, 0.25) is 0 Å². The summed E-state index contributed by atoms with van der Waals surface area (Å²) in [6, 6.07) is 13.9. The van der Waals surface area contributed by atoms with E-state index in [1.54, 1.807) is 0 Å². The van der Waals surface area contributed by atoms with Crippen LogP contribution in [-0.2, 0) is 6.42 Å². The van der Waals surface area contributed by atoms with Gasteiger partial charge in [-0.25, -0.2) is 4.98 Å². The highest BCUT2D eigenvalue weighted by molar-refractivity contribution is 5.81. The Balaban J connectivity index is 1.96. The lowest BCUT2D eigenvalue weighted by atomic mass is 10.1. The zero-order valence-electron chi connectivity index (χ0n) is 10.8. The summed E-state index contributed by atoms with van der Waals surface area (Å²) in [5, 5.41) is 3.32. The number of nitrogens with one attached hydrogen (secondary N) is 2. The Hall–Kier alpha value is -2.49. The van der Waals surface area contributed by atoms with E-state index in [-0.39, 0.29) is 0 Å². The second-order valence-electron chi connectivity index (χ2n) is 4.50. The molecule has 0 unspecified atom stereocenters. The Kier molecular flexibility index (Phi) is 2.83. The van der Waals surface area contributed by atoms with Crippen molar-refractivity contribution in [1.82, 2.24) is 9.97 Å². The number of H-pyrrole nitrogens is 1. The number of hydrogen-bond acceptors (Lipinski definition) is 3. The summed E-state index contributed by atoms with van der Waals surface area (Å²) in [5.41, 5.74) is 10.7. The molecule has 4 N–H and O–H groups in total. The van der Waals surface area contributed by atoms with Gasteiger partial charge < -0.3 is 16.0 Å². The van der Waals surface area contributed by atoms with Gasteiger partial charge in [-0.1, -0.05) is 25.1 Å². The lowest BCUT2D eigenvalue weighted by Gasteiger charge is -2.07. The number of imidazole rings is 1. The van der Waals surface area contributed by atoms with Gasteiger partial charge in [-0.2, -0.15) is 0 Å². The van der Waals surface area contributed by atoms with Crippen molar-refractivity contribution in [2.24, 2.45) is 0 Å². The number of nitrogens with zero attached hydrogens (tertiary/aromatic N) is 1. The summed E-state index contributed by atoms with van der Waals surface area (Å²) in [5.74, 6) is 0.738. The van der Waals surface area contributed by atoms with Crippen LogP contribution < -0.4 is 11.1 Å². The van der Waals surface area contributed by atoms with E-state index in [2.05, 4.69) is 34.3 Å². The van der Waals surface area contributed by atoms with Gasteiger partial charge in [0.25, 0.3) is 0 Å². The molecule has 1 aromatic heterocycles. The predicted molar refractivity (Wildman–Crippen MR) is 79.6 cm³/mol. The third-order valence-electron chi connectivity index (χ3n) is 3.16. The molecule has 0 fully saturated rings. The number of hydrogen-bond donors (Lipinski definition) is 3. The molecule has 0 radical (unpaired) electrons. The maximum absolute atomic E-state index is 5.76. The summed E-state index contributed by atoms with van der Waals surface area (Å²) >= 11 is 0. The van der Waals surface area contributed by atoms with Gasteiger partial charge in [-0.3, -0.25) is 0 Å². The van der Waals surface area contributed by atoms with Crippen LogP contribution in [0.1, 0.15) is 12.5 Å². The van der Waals surface area contributed by atoms with E-state index < -0.39 is 0 Å². The number of para-hydroxylation sites is 1. The normalized spacial score (nSPS) is 10.8. The molecule has 0 spiro atoms. The number of rotatable bonds is 3. The second-order valence-corrected chi connectivity index (χ2v) is 4.50. The number of nitrogen functional groups attached to an aromatic ring is 1. The van der Waals surface area contributed by atoms with E-state index in [0.29, 0.717) is 0 Å². The van der Waals surface area contributed by atoms with Crippen molar-refractivity contribution in [2.45, 2.75) is 13.3 Å². The Morgan fingerprint density at radius 1 is 1.21 bits per heavy atom. The molecular weight excluding hydrogens is 236 g/mol. The smallest absolute Gasteiger partial charge is 0.205 e. The van der Waals surface area contributed by atoms with Crippen molar-refractivity contribution in [2.75, 3.05) is 11.1 Å². The number of aromatic nitrogens is 2. The van der Waals surface area contributed by atoms with Crippen LogP contribution in [0.25, 0.3) is 11.0 Å². The molecule has 96 valence electrons. The quantitative estimate of drug-likeness (QED) is 0.625. The van der Waals surface area contributed by atoms with E-state index in [9.17, 15) is 0 Å². The van der Waals surface area contributed by atoms with Crippen LogP contribution in [0.3, 0.4) is 0 Å². The zero-order valence-corrected chi connectivity index (χ0v) is 10.8. The third kappa shape index (κ3) is 2.25. The molecule has 0 aliphatic heterocycles. The van der Waals surface area contributed by atoms with Crippen molar-refractivity contribution in [3.8, 4) is 0 Å². The molecule has 0 amide bonds. The molecule has 0 bridgehead atoms. The molecule has 19 heavy (non-hydrogen) atoms. The number of fused-ring (bicyclic) bond motifs is 1. The number of aromatic amines is 1. The molecule has 0 aliphatic rings. The van der Waals surface area contributed by atoms with Gasteiger partial charge in [0, 0.05) is 11.4 Å². The van der Waals surface area contributed by atoms with Gasteiger partial charge in [-0.15, -0.1) is 0 Å². The average molecular weight is 252 g/mol. The lowest BCUT2D eigenvalue weighted by molar-refractivity contribution is 1.13. The standard InChI is InChI=1S/C15H16N4/c1-2-10-5-3-4-6-12(10)17-15-18-13-8-7-11(16)9-14(13)19-15/h3-9H,2,16H2,1H3,(H2,17,18,19). The first kappa shape index (κ1) is 11.6. The molecule has 0 saturated carbocycles. The zero-order chi connectivity index (χ0) is 13.2. The fraction of sp³-hybridized carbons (Fsp3) is 0.133. The van der Waals surface area contributed by atoms with Gasteiger partial charge >= 0.3 is 0 Å². The van der Waals surface area contributed by atoms with Gasteiger partial charge in [-0.05, 0) is 36.2 Å². The van der Waals surface area contributed by atoms with E-state index in [0.717, 1.165) is 34.8 Å². The van der Waals surface area contributed by atoms with Crippen LogP contribution in [-0.4, -0.2) is 9.97 Å². The van der Waals surface area contributed by atoms with Gasteiger partial charge in [0.1, 0.15) is 0 Å². The number of anilines is 3. The predicted octanol–water partition coefficient (Wildman–Crippen LogP) is 3.45. The van der Waals surface area contributed by atoms with Crippen LogP contribution in [0.4, 0.5) is 17.3 Å². The first-order valence-electron chi connectivity index (χ1n) is 6.36. The van der Waals surface area contributed by atoms with Gasteiger partial charge in [0.15, 0.2) is 0 Å². The topological polar surface area (TPSA) is 66.7 Å². The Morgan fingerprint density at radius 2 is 2.05 bits per heavy atom. The Morgan fingerprint density at radius 3 is 2.89 bits per heavy atom. The Labute approximate surface area is 111 Å². The minimum Gasteiger partial charge on any atom is -0.399 e. The molecular formula is C15H16N4. The average Bonchev–Trinajstić information content (AvgIpc) is 2.80. The van der Waals surface area contributed by atoms with Crippen molar-refractivity contribution >= 4 is 28.4 Å². The van der Waals surface area contributed by atoms with E-state index >= 15 is 0 Å². The van der Waals surface area contributed by atoms with Gasteiger partial charge in [0.05, 0.1) is 11.0 Å². The van der Waals surface area contributed by atoms with Crippen LogP contribution in [0.15, 0.2) is 42.5 Å². The third-order valence-corrected chi connectivity index (χ3v) is 3.16. The fourth-order valence-electron chi connectivity index (χ4n) is 2.16. The van der Waals surface area contributed by atoms with Gasteiger partial charge in [0.2, 0.25) is 5.95 Å². The lowest BCUT2D eigenvalue weighted by Crippen LogP contribution is -1.96. The molecule has 0 saturated heterocycles. The summed E-state index contributed by atoms with van der Waals surface area (Å²) < 4.78 is 0. The van der Waals surface area contributed by atoms with Crippen molar-refractivity contribution in [3.05, 3.63) is 48.0 Å². The minimum atomic E-state index is 0.733. The summed E-state index contributed by atoms with van der Waals surface area (Å²) in [6.45, 7) is 2.14. The molecule has 4 heteroatoms. The Bertz CT molecular complexity index is 715. The van der Waals surface area contributed by atoms with E-state index in [1.807, 2.05) is 30.3 Å². The molecule has 0 atom stereocenters. The van der Waals surface area contributed by atoms with Crippen LogP contribution in [0.5, 0.6) is 0 Å². The highest BCUT2D eigenvalue weighted by Crippen LogP contribution is 2.22. The first-order chi connectivity index (χ1) is 9.26. The molecule has 1 heterocycles. The van der Waals surface area contributed by atoms with Crippen LogP contribution >= 0.6 is 0 Å². The summed E-state index contributed by atoms with van der Waals surface area (Å²) in [7, 11) is 0. The largest absolute Gasteiger partial charge is 0.399 e. The SMILES string of the molecule is CCc1ccccc1Nc1nc2ccc(N)cc2[nH]1. The maximum atomic E-state index is 5.76. The molecule has 3 rings (SSSR count). The van der Waals surface area contributed by atoms with Crippen molar-refractivity contribution in [3.63, 3.8) is 0 Å². The fourth-order valence-corrected chi connectivity index (χ4v) is 2.16. The molecule has 3 aromatic rings. The monoisotopic (exact) mass is 252 g/mol. The number of aryl methyl sites for hydroxylation is 1. The maximum Gasteiger partial charge on any atom is 0.205 e. The first-order valence-corrected chi connectivity index (χ1v) is 6.36. The van der Waals surface area contributed by atoms with Crippen molar-refractivity contribution < 1.29 is 0 Å². The second kappa shape index (κ2) is 4.65. The highest BCUT2D eigenvalue weighted by atomic mass is 15.1. The summed E-state index contributed by atoms with van der Waals surface area (Å²) in [6.07, 6.45) is 0.982. The molecule has 2 aromatic carbocycles. The highest BCUT2D eigenvalue weighted by Gasteiger charge is 2.05. The van der Waals surface area contributed by atoms with E-state index in [4.69, 9.17) is 5.73 Å². The minimum absolute atomic E-state index is 0.733. The van der Waals surface area contributed by atoms with Crippen LogP contribution in [0, 0.1) is 0 Å².